The molecule has 1 heterocycles. The third-order valence-electron chi connectivity index (χ3n) is 5.76. The number of nitrogens with two attached hydrogens (primary N) is 1. The van der Waals surface area contributed by atoms with E-state index in [0.29, 0.717) is 18.4 Å². The quantitative estimate of drug-likeness (QED) is 0.700. The Morgan fingerprint density at radius 1 is 1.23 bits per heavy atom. The predicted octanol–water partition coefficient (Wildman–Crippen LogP) is 2.83. The second kappa shape index (κ2) is 9.24. The Morgan fingerprint density at radius 3 is 2.53 bits per heavy atom. The molecule has 0 aliphatic carbocycles. The first-order valence-corrected chi connectivity index (χ1v) is 11.5. The maximum Gasteiger partial charge on any atom is 0.225 e. The fourth-order valence-corrected chi connectivity index (χ4v) is 6.22. The van der Waals surface area contributed by atoms with Crippen molar-refractivity contribution in [3.05, 3.63) is 71.0 Å². The van der Waals surface area contributed by atoms with Gasteiger partial charge in [0.25, 0.3) is 0 Å². The predicted molar refractivity (Wildman–Crippen MR) is 112 cm³/mol. The Labute approximate surface area is 176 Å². The van der Waals surface area contributed by atoms with E-state index in [0.717, 1.165) is 5.56 Å². The van der Waals surface area contributed by atoms with Gasteiger partial charge in [-0.15, -0.1) is 0 Å². The minimum absolute atomic E-state index is 0.0831. The highest BCUT2D eigenvalue weighted by atomic mass is 32.2. The summed E-state index contributed by atoms with van der Waals surface area (Å²) in [5.41, 5.74) is 6.69. The van der Waals surface area contributed by atoms with E-state index < -0.39 is 32.9 Å². The summed E-state index contributed by atoms with van der Waals surface area (Å²) in [5, 5.41) is 8.47. The molecule has 0 bridgehead atoms. The smallest absolute Gasteiger partial charge is 0.225 e. The number of rotatable bonds is 7. The molecule has 2 aromatic rings. The third-order valence-corrected chi connectivity index (χ3v) is 8.13. The molecule has 30 heavy (non-hydrogen) atoms. The molecule has 3 rings (SSSR count). The van der Waals surface area contributed by atoms with Gasteiger partial charge in [0.05, 0.1) is 5.92 Å². The molecule has 1 aliphatic rings. The van der Waals surface area contributed by atoms with Crippen LogP contribution in [0.5, 0.6) is 0 Å². The van der Waals surface area contributed by atoms with Gasteiger partial charge in [-0.1, -0.05) is 42.5 Å². The van der Waals surface area contributed by atoms with E-state index in [4.69, 9.17) is 10.8 Å². The Bertz CT molecular complexity index is 997. The molecular weight excluding hydrogens is 407 g/mol. The highest BCUT2D eigenvalue weighted by molar-refractivity contribution is 7.89. The Balaban J connectivity index is 1.88. The molecule has 0 radical (unpaired) electrons. The number of carbonyl (C=O) groups is 1. The van der Waals surface area contributed by atoms with Crippen molar-refractivity contribution >= 4 is 15.9 Å². The lowest BCUT2D eigenvalue weighted by molar-refractivity contribution is -0.119. The molecule has 0 aromatic heterocycles. The van der Waals surface area contributed by atoms with Crippen molar-refractivity contribution in [3.8, 4) is 0 Å². The number of aliphatic hydroxyl groups is 1. The first-order valence-electron chi connectivity index (χ1n) is 9.99. The molecule has 162 valence electrons. The zero-order valence-electron chi connectivity index (χ0n) is 16.9. The molecule has 2 aromatic carbocycles. The Morgan fingerprint density at radius 2 is 1.93 bits per heavy atom. The second-order valence-electron chi connectivity index (χ2n) is 7.73. The number of primary amides is 1. The van der Waals surface area contributed by atoms with Crippen molar-refractivity contribution in [2.75, 3.05) is 6.61 Å². The Hall–Kier alpha value is -2.29. The summed E-state index contributed by atoms with van der Waals surface area (Å²) in [6.45, 7) is 1.50. The van der Waals surface area contributed by atoms with Crippen molar-refractivity contribution in [2.45, 2.75) is 49.9 Å². The first kappa shape index (κ1) is 22.4. The van der Waals surface area contributed by atoms with Gasteiger partial charge in [0.15, 0.2) is 0 Å². The molecule has 3 N–H and O–H groups in total. The number of aliphatic hydroxyl groups excluding tert-OH is 1. The van der Waals surface area contributed by atoms with Gasteiger partial charge in [0.1, 0.15) is 11.1 Å². The summed E-state index contributed by atoms with van der Waals surface area (Å²) in [6, 6.07) is 13.1. The molecular formula is C22H27FN2O4S. The van der Waals surface area contributed by atoms with Crippen LogP contribution in [0.25, 0.3) is 0 Å². The van der Waals surface area contributed by atoms with Crippen molar-refractivity contribution in [3.63, 3.8) is 0 Å². The fourth-order valence-electron chi connectivity index (χ4n) is 4.03. The maximum atomic E-state index is 14.8. The number of amides is 1. The lowest BCUT2D eigenvalue weighted by atomic mass is 9.94. The largest absolute Gasteiger partial charge is 0.396 e. The van der Waals surface area contributed by atoms with Crippen molar-refractivity contribution in [2.24, 2.45) is 5.73 Å². The normalized spacial score (nSPS) is 22.5. The molecule has 1 aliphatic heterocycles. The van der Waals surface area contributed by atoms with Gasteiger partial charge in [-0.2, -0.15) is 4.31 Å². The highest BCUT2D eigenvalue weighted by Gasteiger charge is 2.40. The van der Waals surface area contributed by atoms with E-state index >= 15 is 0 Å². The molecule has 0 spiro atoms. The lowest BCUT2D eigenvalue weighted by Gasteiger charge is -2.37. The fraction of sp³-hybridized carbons (Fsp3) is 0.409. The van der Waals surface area contributed by atoms with Gasteiger partial charge >= 0.3 is 0 Å². The van der Waals surface area contributed by atoms with Gasteiger partial charge in [0.2, 0.25) is 15.9 Å². The first-order chi connectivity index (χ1) is 14.3. The van der Waals surface area contributed by atoms with Crippen LogP contribution in [-0.4, -0.2) is 36.4 Å². The van der Waals surface area contributed by atoms with Crippen LogP contribution in [0.15, 0.2) is 48.5 Å². The van der Waals surface area contributed by atoms with Crippen LogP contribution >= 0.6 is 0 Å². The molecule has 1 amide bonds. The highest BCUT2D eigenvalue weighted by Crippen LogP contribution is 2.38. The van der Waals surface area contributed by atoms with Crippen LogP contribution < -0.4 is 5.73 Å². The lowest BCUT2D eigenvalue weighted by Crippen LogP contribution is -2.44. The number of nitrogens with zero attached hydrogens (tertiary/aromatic N) is 1. The zero-order chi connectivity index (χ0) is 21.9. The van der Waals surface area contributed by atoms with Gasteiger partial charge < -0.3 is 10.8 Å². The summed E-state index contributed by atoms with van der Waals surface area (Å²) in [5.74, 6) is -2.03. The van der Waals surface area contributed by atoms with E-state index in [1.165, 1.54) is 16.4 Å². The summed E-state index contributed by atoms with van der Waals surface area (Å²) in [6.07, 6.45) is 1.30. The van der Waals surface area contributed by atoms with E-state index in [2.05, 4.69) is 0 Å². The van der Waals surface area contributed by atoms with E-state index in [1.54, 1.807) is 18.2 Å². The molecule has 1 saturated heterocycles. The number of sulfonamides is 1. The SMILES string of the molecule is C[C@H]1CC[C@H](c2ccccc2)S(=O)(=O)N1Cc1ccc([C@@H](CCO)C(N)=O)cc1F. The van der Waals surface area contributed by atoms with Crippen LogP contribution in [0.4, 0.5) is 4.39 Å². The minimum Gasteiger partial charge on any atom is -0.396 e. The van der Waals surface area contributed by atoms with Crippen LogP contribution in [0, 0.1) is 5.82 Å². The van der Waals surface area contributed by atoms with E-state index in [-0.39, 0.29) is 31.2 Å². The molecule has 0 saturated carbocycles. The number of halogens is 1. The van der Waals surface area contributed by atoms with Crippen LogP contribution in [0.3, 0.4) is 0 Å². The summed E-state index contributed by atoms with van der Waals surface area (Å²) < 4.78 is 42.8. The molecule has 3 atom stereocenters. The Kier molecular flexibility index (Phi) is 6.90. The maximum absolute atomic E-state index is 14.8. The van der Waals surface area contributed by atoms with Crippen molar-refractivity contribution in [1.82, 2.24) is 4.31 Å². The third kappa shape index (κ3) is 4.55. The van der Waals surface area contributed by atoms with Crippen LogP contribution in [0.1, 0.15) is 54.0 Å². The van der Waals surface area contributed by atoms with Gasteiger partial charge in [-0.25, -0.2) is 12.8 Å². The average Bonchev–Trinajstić information content (AvgIpc) is 2.70. The van der Waals surface area contributed by atoms with E-state index in [1.807, 2.05) is 25.1 Å². The summed E-state index contributed by atoms with van der Waals surface area (Å²) in [4.78, 5) is 11.6. The number of hydrogen-bond acceptors (Lipinski definition) is 4. The van der Waals surface area contributed by atoms with Crippen molar-refractivity contribution < 1.29 is 22.7 Å². The molecule has 8 heteroatoms. The van der Waals surface area contributed by atoms with Crippen molar-refractivity contribution in [1.29, 1.82) is 0 Å². The molecule has 0 unspecified atom stereocenters. The average molecular weight is 435 g/mol. The van der Waals surface area contributed by atoms with Gasteiger partial charge in [0, 0.05) is 24.8 Å². The second-order valence-corrected chi connectivity index (χ2v) is 9.80. The number of benzene rings is 2. The monoisotopic (exact) mass is 434 g/mol. The van der Waals surface area contributed by atoms with Gasteiger partial charge in [-0.3, -0.25) is 4.79 Å². The van der Waals surface area contributed by atoms with Crippen LogP contribution in [0.2, 0.25) is 0 Å². The molecule has 6 nitrogen and oxygen atoms in total. The minimum atomic E-state index is -3.67. The standard InChI is InChI=1S/C22H27FN2O4S/c1-15-7-10-21(16-5-3-2-4-6-16)30(28,29)25(15)14-18-9-8-17(13-20(18)23)19(11-12-26)22(24)27/h2-6,8-9,13,15,19,21,26H,7,10-12,14H2,1H3,(H2,24,27)/t15-,19+,21+/m0/s1. The molecule has 1 fully saturated rings. The number of hydrogen-bond donors (Lipinski definition) is 2. The van der Waals surface area contributed by atoms with E-state index in [9.17, 15) is 17.6 Å². The summed E-state index contributed by atoms with van der Waals surface area (Å²) in [7, 11) is -3.67. The number of carbonyl (C=O) groups excluding carboxylic acids is 1. The topological polar surface area (TPSA) is 101 Å². The summed E-state index contributed by atoms with van der Waals surface area (Å²) >= 11 is 0. The van der Waals surface area contributed by atoms with Crippen LogP contribution in [-0.2, 0) is 21.4 Å². The van der Waals surface area contributed by atoms with Gasteiger partial charge in [-0.05, 0) is 43.4 Å². The zero-order valence-corrected chi connectivity index (χ0v) is 17.7.